The third-order valence-corrected chi connectivity index (χ3v) is 5.43. The number of anilines is 1. The van der Waals surface area contributed by atoms with E-state index in [2.05, 4.69) is 0 Å². The summed E-state index contributed by atoms with van der Waals surface area (Å²) in [5, 5.41) is 11.3. The third kappa shape index (κ3) is 3.41. The predicted molar refractivity (Wildman–Crippen MR) is 119 cm³/mol. The monoisotopic (exact) mass is 433 g/mol. The second-order valence-corrected chi connectivity index (χ2v) is 7.49. The van der Waals surface area contributed by atoms with Crippen LogP contribution in [-0.4, -0.2) is 31.0 Å². The van der Waals surface area contributed by atoms with E-state index in [9.17, 15) is 14.7 Å². The van der Waals surface area contributed by atoms with Gasteiger partial charge >= 0.3 is 0 Å². The van der Waals surface area contributed by atoms with Crippen molar-refractivity contribution in [3.8, 4) is 11.5 Å². The first kappa shape index (κ1) is 21.2. The van der Waals surface area contributed by atoms with Crippen molar-refractivity contribution < 1.29 is 28.6 Å². The molecule has 1 aliphatic rings. The molecule has 1 unspecified atom stereocenters. The van der Waals surface area contributed by atoms with Crippen molar-refractivity contribution in [1.82, 2.24) is 0 Å². The van der Waals surface area contributed by atoms with E-state index >= 15 is 0 Å². The summed E-state index contributed by atoms with van der Waals surface area (Å²) in [4.78, 5) is 27.8. The molecule has 3 aromatic rings. The van der Waals surface area contributed by atoms with E-state index in [-0.39, 0.29) is 11.3 Å². The maximum Gasteiger partial charge on any atom is 0.300 e. The number of hydrogen-bond donors (Lipinski definition) is 1. The largest absolute Gasteiger partial charge is 0.507 e. The summed E-state index contributed by atoms with van der Waals surface area (Å²) in [5.41, 5.74) is 1.49. The zero-order valence-corrected chi connectivity index (χ0v) is 18.2. The summed E-state index contributed by atoms with van der Waals surface area (Å²) in [6.07, 6.45) is 0. The van der Waals surface area contributed by atoms with Gasteiger partial charge < -0.3 is 19.0 Å². The third-order valence-electron chi connectivity index (χ3n) is 5.43. The Morgan fingerprint density at radius 3 is 2.34 bits per heavy atom. The molecule has 0 spiro atoms. The number of carbonyl (C=O) groups excluding carboxylic acids is 2. The Kier molecular flexibility index (Phi) is 5.48. The first-order valence-electron chi connectivity index (χ1n) is 10.0. The first-order chi connectivity index (χ1) is 15.4. The Bertz CT molecular complexity index is 1240. The lowest BCUT2D eigenvalue weighted by Gasteiger charge is -2.25. The molecule has 0 bridgehead atoms. The van der Waals surface area contributed by atoms with Gasteiger partial charge in [0.2, 0.25) is 0 Å². The molecule has 4 rings (SSSR count). The fraction of sp³-hybridized carbons (Fsp3) is 0.200. The zero-order chi connectivity index (χ0) is 23.0. The van der Waals surface area contributed by atoms with Gasteiger partial charge in [-0.3, -0.25) is 14.5 Å². The minimum atomic E-state index is -0.981. The van der Waals surface area contributed by atoms with Gasteiger partial charge in [0.15, 0.2) is 0 Å². The number of Topliss-reactive ketones (excluding diaryl/α,β-unsaturated/α-hetero) is 1. The number of benzene rings is 2. The number of para-hydroxylation sites is 2. The predicted octanol–water partition coefficient (Wildman–Crippen LogP) is 4.54. The van der Waals surface area contributed by atoms with E-state index in [0.717, 1.165) is 5.56 Å². The molecule has 32 heavy (non-hydrogen) atoms. The topological polar surface area (TPSA) is 89.2 Å². The zero-order valence-electron chi connectivity index (χ0n) is 18.2. The molecule has 1 N–H and O–H groups in total. The Labute approximate surface area is 185 Å². The van der Waals surface area contributed by atoms with Crippen LogP contribution in [0.3, 0.4) is 0 Å². The second kappa shape index (κ2) is 8.26. The number of aryl methyl sites for hydroxylation is 2. The smallest absolute Gasteiger partial charge is 0.300 e. The molecular formula is C25H23NO6. The lowest BCUT2D eigenvalue weighted by Crippen LogP contribution is -2.29. The quantitative estimate of drug-likeness (QED) is 0.361. The molecule has 2 heterocycles. The summed E-state index contributed by atoms with van der Waals surface area (Å²) < 4.78 is 16.6. The van der Waals surface area contributed by atoms with Crippen LogP contribution in [0.25, 0.3) is 5.76 Å². The maximum atomic E-state index is 13.2. The number of aliphatic hydroxyl groups excluding tert-OH is 1. The molecule has 1 amide bonds. The Morgan fingerprint density at radius 1 is 0.969 bits per heavy atom. The number of ether oxygens (including phenoxy) is 2. The second-order valence-electron chi connectivity index (χ2n) is 7.49. The van der Waals surface area contributed by atoms with E-state index in [0.29, 0.717) is 34.3 Å². The number of nitrogens with zero attached hydrogens (tertiary/aromatic N) is 1. The van der Waals surface area contributed by atoms with Gasteiger partial charge in [-0.1, -0.05) is 23.8 Å². The molecule has 7 nitrogen and oxygen atoms in total. The average Bonchev–Trinajstić information content (AvgIpc) is 3.34. The van der Waals surface area contributed by atoms with Crippen LogP contribution < -0.4 is 14.4 Å². The number of carbonyl (C=O) groups is 2. The van der Waals surface area contributed by atoms with Crippen LogP contribution in [0.5, 0.6) is 11.5 Å². The molecular weight excluding hydrogens is 410 g/mol. The van der Waals surface area contributed by atoms with Gasteiger partial charge in [-0.05, 0) is 50.2 Å². The molecule has 1 aliphatic heterocycles. The summed E-state index contributed by atoms with van der Waals surface area (Å²) in [5.74, 6) is -0.195. The SMILES string of the molecule is COc1ccc(C)cc1/C(O)=C1\C(=O)C(=O)N(c2ccccc2OC)C1c1ccc(C)o1. The van der Waals surface area contributed by atoms with Gasteiger partial charge in [-0.15, -0.1) is 0 Å². The highest BCUT2D eigenvalue weighted by Crippen LogP contribution is 2.46. The van der Waals surface area contributed by atoms with Crippen molar-refractivity contribution >= 4 is 23.1 Å². The van der Waals surface area contributed by atoms with Crippen molar-refractivity contribution in [2.24, 2.45) is 0 Å². The minimum Gasteiger partial charge on any atom is -0.507 e. The van der Waals surface area contributed by atoms with Crippen molar-refractivity contribution in [3.05, 3.63) is 82.8 Å². The fourth-order valence-corrected chi connectivity index (χ4v) is 3.93. The molecule has 1 atom stereocenters. The van der Waals surface area contributed by atoms with E-state index in [1.165, 1.54) is 19.1 Å². The van der Waals surface area contributed by atoms with Crippen LogP contribution in [0.2, 0.25) is 0 Å². The Balaban J connectivity index is 2.00. The lowest BCUT2D eigenvalue weighted by molar-refractivity contribution is -0.132. The Hall–Kier alpha value is -4.00. The fourth-order valence-electron chi connectivity index (χ4n) is 3.93. The van der Waals surface area contributed by atoms with Crippen LogP contribution in [0.4, 0.5) is 5.69 Å². The standard InChI is InChI=1S/C25H23NO6/c1-14-9-11-18(30-3)16(13-14)23(27)21-22(20-12-10-15(2)32-20)26(25(29)24(21)28)17-7-5-6-8-19(17)31-4/h5-13,22,27H,1-4H3/b23-21+. The molecule has 0 radical (unpaired) electrons. The molecule has 1 fully saturated rings. The first-order valence-corrected chi connectivity index (χ1v) is 10.0. The van der Waals surface area contributed by atoms with Crippen LogP contribution >= 0.6 is 0 Å². The molecule has 7 heteroatoms. The Morgan fingerprint density at radius 2 is 1.69 bits per heavy atom. The summed E-state index contributed by atoms with van der Waals surface area (Å²) in [7, 11) is 2.96. The number of hydrogen-bond acceptors (Lipinski definition) is 6. The molecule has 2 aromatic carbocycles. The van der Waals surface area contributed by atoms with Crippen LogP contribution in [-0.2, 0) is 9.59 Å². The van der Waals surface area contributed by atoms with Gasteiger partial charge in [-0.2, -0.15) is 0 Å². The summed E-state index contributed by atoms with van der Waals surface area (Å²) >= 11 is 0. The average molecular weight is 433 g/mol. The maximum absolute atomic E-state index is 13.2. The molecule has 0 aliphatic carbocycles. The highest BCUT2D eigenvalue weighted by atomic mass is 16.5. The van der Waals surface area contributed by atoms with Crippen LogP contribution in [0.15, 0.2) is 64.6 Å². The number of aliphatic hydroxyl groups is 1. The van der Waals surface area contributed by atoms with E-state index in [4.69, 9.17) is 13.9 Å². The van der Waals surface area contributed by atoms with Gasteiger partial charge in [0.1, 0.15) is 34.8 Å². The highest BCUT2D eigenvalue weighted by Gasteiger charge is 2.49. The lowest BCUT2D eigenvalue weighted by atomic mass is 9.97. The van der Waals surface area contributed by atoms with E-state index in [1.807, 2.05) is 13.0 Å². The molecule has 164 valence electrons. The molecule has 1 aromatic heterocycles. The summed E-state index contributed by atoms with van der Waals surface area (Å²) in [6, 6.07) is 14.6. The van der Waals surface area contributed by atoms with Crippen molar-refractivity contribution in [1.29, 1.82) is 0 Å². The van der Waals surface area contributed by atoms with E-state index in [1.54, 1.807) is 55.5 Å². The van der Waals surface area contributed by atoms with Crippen LogP contribution in [0, 0.1) is 13.8 Å². The summed E-state index contributed by atoms with van der Waals surface area (Å²) in [6.45, 7) is 3.62. The molecule has 0 saturated carbocycles. The molecule has 1 saturated heterocycles. The van der Waals surface area contributed by atoms with Gasteiger partial charge in [0.25, 0.3) is 11.7 Å². The number of furan rings is 1. The van der Waals surface area contributed by atoms with Gasteiger partial charge in [0.05, 0.1) is 31.0 Å². The normalized spacial score (nSPS) is 17.6. The van der Waals surface area contributed by atoms with Crippen molar-refractivity contribution in [3.63, 3.8) is 0 Å². The number of rotatable bonds is 5. The number of amides is 1. The number of ketones is 1. The van der Waals surface area contributed by atoms with Gasteiger partial charge in [-0.25, -0.2) is 0 Å². The highest BCUT2D eigenvalue weighted by molar-refractivity contribution is 6.51. The van der Waals surface area contributed by atoms with Gasteiger partial charge in [0, 0.05) is 0 Å². The van der Waals surface area contributed by atoms with Crippen molar-refractivity contribution in [2.45, 2.75) is 19.9 Å². The van der Waals surface area contributed by atoms with Crippen molar-refractivity contribution in [2.75, 3.05) is 19.1 Å². The number of methoxy groups -OCH3 is 2. The van der Waals surface area contributed by atoms with Crippen LogP contribution in [0.1, 0.15) is 28.7 Å². The minimum absolute atomic E-state index is 0.0841. The van der Waals surface area contributed by atoms with E-state index < -0.39 is 17.7 Å².